The number of aromatic nitrogens is 2. The highest BCUT2D eigenvalue weighted by atomic mass is 35.5. The summed E-state index contributed by atoms with van der Waals surface area (Å²) in [5.41, 5.74) is 2.25. The summed E-state index contributed by atoms with van der Waals surface area (Å²) in [6.45, 7) is 1.92. The summed E-state index contributed by atoms with van der Waals surface area (Å²) in [6, 6.07) is 16.2. The van der Waals surface area contributed by atoms with Crippen LogP contribution in [0.5, 0.6) is 0 Å². The lowest BCUT2D eigenvalue weighted by atomic mass is 10.1. The molecule has 0 aliphatic rings. The topological polar surface area (TPSA) is 66.9 Å². The first kappa shape index (κ1) is 16.9. The SMILES string of the molecule is CC(NC(=O)c1cccc(Nc2ncccn2)c1)c1cccc(Cl)c1. The van der Waals surface area contributed by atoms with E-state index in [1.165, 1.54) is 0 Å². The normalized spacial score (nSPS) is 11.6. The zero-order chi connectivity index (χ0) is 17.6. The molecule has 1 heterocycles. The fourth-order valence-corrected chi connectivity index (χ4v) is 2.57. The summed E-state index contributed by atoms with van der Waals surface area (Å²) >= 11 is 6.01. The van der Waals surface area contributed by atoms with Crippen LogP contribution in [0.4, 0.5) is 11.6 Å². The first-order valence-corrected chi connectivity index (χ1v) is 8.20. The molecule has 6 heteroatoms. The van der Waals surface area contributed by atoms with Crippen molar-refractivity contribution in [3.05, 3.63) is 83.1 Å². The van der Waals surface area contributed by atoms with E-state index in [-0.39, 0.29) is 11.9 Å². The molecule has 0 spiro atoms. The van der Waals surface area contributed by atoms with E-state index in [1.807, 2.05) is 37.3 Å². The smallest absolute Gasteiger partial charge is 0.251 e. The minimum atomic E-state index is -0.162. The van der Waals surface area contributed by atoms with E-state index in [9.17, 15) is 4.79 Å². The lowest BCUT2D eigenvalue weighted by molar-refractivity contribution is 0.0940. The average molecular weight is 353 g/mol. The molecule has 3 aromatic rings. The van der Waals surface area contributed by atoms with E-state index in [0.717, 1.165) is 11.3 Å². The fraction of sp³-hybridized carbons (Fsp3) is 0.105. The van der Waals surface area contributed by atoms with Gasteiger partial charge in [0.25, 0.3) is 5.91 Å². The molecular weight excluding hydrogens is 336 g/mol. The van der Waals surface area contributed by atoms with Crippen molar-refractivity contribution in [3.63, 3.8) is 0 Å². The van der Waals surface area contributed by atoms with Gasteiger partial charge in [0.1, 0.15) is 0 Å². The third kappa shape index (κ3) is 4.55. The minimum Gasteiger partial charge on any atom is -0.346 e. The van der Waals surface area contributed by atoms with Crippen molar-refractivity contribution < 1.29 is 4.79 Å². The van der Waals surface area contributed by atoms with Gasteiger partial charge in [-0.3, -0.25) is 4.79 Å². The molecule has 3 rings (SSSR count). The Morgan fingerprint density at radius 1 is 1.04 bits per heavy atom. The lowest BCUT2D eigenvalue weighted by Gasteiger charge is -2.15. The maximum Gasteiger partial charge on any atom is 0.251 e. The largest absolute Gasteiger partial charge is 0.346 e. The maximum atomic E-state index is 12.5. The van der Waals surface area contributed by atoms with Crippen LogP contribution in [0.25, 0.3) is 0 Å². The Kier molecular flexibility index (Phi) is 5.26. The molecule has 2 N–H and O–H groups in total. The first-order valence-electron chi connectivity index (χ1n) is 7.82. The lowest BCUT2D eigenvalue weighted by Crippen LogP contribution is -2.26. The fourth-order valence-electron chi connectivity index (χ4n) is 2.37. The minimum absolute atomic E-state index is 0.153. The van der Waals surface area contributed by atoms with Crippen molar-refractivity contribution in [1.82, 2.24) is 15.3 Å². The second-order valence-electron chi connectivity index (χ2n) is 5.53. The molecule has 1 aromatic heterocycles. The van der Waals surface area contributed by atoms with Gasteiger partial charge in [-0.15, -0.1) is 0 Å². The summed E-state index contributed by atoms with van der Waals surface area (Å²) in [5, 5.41) is 6.69. The molecule has 0 radical (unpaired) electrons. The van der Waals surface area contributed by atoms with Crippen LogP contribution in [0.15, 0.2) is 67.0 Å². The van der Waals surface area contributed by atoms with Gasteiger partial charge >= 0.3 is 0 Å². The summed E-state index contributed by atoms with van der Waals surface area (Å²) in [7, 11) is 0. The van der Waals surface area contributed by atoms with Gasteiger partial charge in [0.05, 0.1) is 6.04 Å². The van der Waals surface area contributed by atoms with Gasteiger partial charge < -0.3 is 10.6 Å². The van der Waals surface area contributed by atoms with Crippen LogP contribution in [-0.4, -0.2) is 15.9 Å². The highest BCUT2D eigenvalue weighted by Gasteiger charge is 2.12. The van der Waals surface area contributed by atoms with E-state index in [4.69, 9.17) is 11.6 Å². The summed E-state index contributed by atoms with van der Waals surface area (Å²) in [5.74, 6) is 0.317. The third-order valence-corrected chi connectivity index (χ3v) is 3.88. The first-order chi connectivity index (χ1) is 12.1. The summed E-state index contributed by atoms with van der Waals surface area (Å²) in [6.07, 6.45) is 3.30. The second kappa shape index (κ2) is 7.77. The molecule has 5 nitrogen and oxygen atoms in total. The third-order valence-electron chi connectivity index (χ3n) is 3.64. The highest BCUT2D eigenvalue weighted by molar-refractivity contribution is 6.30. The molecule has 0 fully saturated rings. The molecule has 0 bridgehead atoms. The number of carbonyl (C=O) groups is 1. The van der Waals surface area contributed by atoms with Gasteiger partial charge in [-0.25, -0.2) is 9.97 Å². The van der Waals surface area contributed by atoms with Crippen molar-refractivity contribution in [2.45, 2.75) is 13.0 Å². The number of carbonyl (C=O) groups excluding carboxylic acids is 1. The number of benzene rings is 2. The van der Waals surface area contributed by atoms with E-state index in [2.05, 4.69) is 20.6 Å². The quantitative estimate of drug-likeness (QED) is 0.715. The van der Waals surface area contributed by atoms with Crippen LogP contribution >= 0.6 is 11.6 Å². The number of halogens is 1. The number of amides is 1. The van der Waals surface area contributed by atoms with E-state index in [0.29, 0.717) is 16.5 Å². The van der Waals surface area contributed by atoms with E-state index in [1.54, 1.807) is 36.7 Å². The number of rotatable bonds is 5. The van der Waals surface area contributed by atoms with Crippen LogP contribution in [0, 0.1) is 0 Å². The Hall–Kier alpha value is -2.92. The molecule has 126 valence electrons. The van der Waals surface area contributed by atoms with Crippen LogP contribution in [0.2, 0.25) is 5.02 Å². The Bertz CT molecular complexity index is 870. The van der Waals surface area contributed by atoms with E-state index < -0.39 is 0 Å². The molecular formula is C19H17ClN4O. The van der Waals surface area contributed by atoms with Crippen molar-refractivity contribution in [1.29, 1.82) is 0 Å². The molecule has 2 aromatic carbocycles. The molecule has 1 atom stereocenters. The molecule has 0 aliphatic heterocycles. The number of hydrogen-bond donors (Lipinski definition) is 2. The Labute approximate surface area is 151 Å². The summed E-state index contributed by atoms with van der Waals surface area (Å²) in [4.78, 5) is 20.7. The number of nitrogens with zero attached hydrogens (tertiary/aromatic N) is 2. The van der Waals surface area contributed by atoms with Crippen molar-refractivity contribution in [2.75, 3.05) is 5.32 Å². The van der Waals surface area contributed by atoms with E-state index >= 15 is 0 Å². The van der Waals surface area contributed by atoms with Gasteiger partial charge in [-0.2, -0.15) is 0 Å². The van der Waals surface area contributed by atoms with Crippen LogP contribution < -0.4 is 10.6 Å². The Morgan fingerprint density at radius 3 is 2.56 bits per heavy atom. The number of hydrogen-bond acceptors (Lipinski definition) is 4. The predicted octanol–water partition coefficient (Wildman–Crippen LogP) is 4.36. The molecule has 25 heavy (non-hydrogen) atoms. The molecule has 1 amide bonds. The van der Waals surface area contributed by atoms with Crippen LogP contribution in [-0.2, 0) is 0 Å². The number of anilines is 2. The van der Waals surface area contributed by atoms with Gasteiger partial charge in [0.2, 0.25) is 5.95 Å². The zero-order valence-corrected chi connectivity index (χ0v) is 14.4. The second-order valence-corrected chi connectivity index (χ2v) is 5.96. The van der Waals surface area contributed by atoms with Gasteiger partial charge in [0.15, 0.2) is 0 Å². The monoisotopic (exact) mass is 352 g/mol. The average Bonchev–Trinajstić information content (AvgIpc) is 2.63. The highest BCUT2D eigenvalue weighted by Crippen LogP contribution is 2.19. The van der Waals surface area contributed by atoms with Gasteiger partial charge in [-0.05, 0) is 48.9 Å². The number of nitrogens with one attached hydrogen (secondary N) is 2. The van der Waals surface area contributed by atoms with Gasteiger partial charge in [0, 0.05) is 28.7 Å². The zero-order valence-electron chi connectivity index (χ0n) is 13.6. The maximum absolute atomic E-state index is 12.5. The van der Waals surface area contributed by atoms with Crippen molar-refractivity contribution in [2.24, 2.45) is 0 Å². The predicted molar refractivity (Wildman–Crippen MR) is 99.1 cm³/mol. The van der Waals surface area contributed by atoms with Crippen LogP contribution in [0.3, 0.4) is 0 Å². The molecule has 1 unspecified atom stereocenters. The summed E-state index contributed by atoms with van der Waals surface area (Å²) < 4.78 is 0. The standard InChI is InChI=1S/C19H17ClN4O/c1-13(14-5-2-7-16(20)11-14)23-18(25)15-6-3-8-17(12-15)24-19-21-9-4-10-22-19/h2-13H,1H3,(H,23,25)(H,21,22,24). The molecule has 0 aliphatic carbocycles. The molecule has 0 saturated heterocycles. The van der Waals surface area contributed by atoms with Crippen molar-refractivity contribution >= 4 is 29.1 Å². The Balaban J connectivity index is 1.71. The van der Waals surface area contributed by atoms with Gasteiger partial charge in [-0.1, -0.05) is 29.8 Å². The Morgan fingerprint density at radius 2 is 1.80 bits per heavy atom. The van der Waals surface area contributed by atoms with Crippen LogP contribution in [0.1, 0.15) is 28.9 Å². The molecule has 0 saturated carbocycles. The van der Waals surface area contributed by atoms with Crippen molar-refractivity contribution in [3.8, 4) is 0 Å².